The van der Waals surface area contributed by atoms with Crippen molar-refractivity contribution < 1.29 is 28.7 Å². The van der Waals surface area contributed by atoms with Crippen LogP contribution < -0.4 is 25.6 Å². The predicted molar refractivity (Wildman–Crippen MR) is 212 cm³/mol. The second kappa shape index (κ2) is 15.5. The first kappa shape index (κ1) is 37.4. The molecule has 2 aromatic heterocycles. The van der Waals surface area contributed by atoms with Gasteiger partial charge in [-0.25, -0.2) is 9.97 Å². The molecular formula is C41H41N9O6. The minimum Gasteiger partial charge on any atom is -0.494 e. The van der Waals surface area contributed by atoms with Gasteiger partial charge in [-0.2, -0.15) is 0 Å². The number of aryl methyl sites for hydroxylation is 1. The van der Waals surface area contributed by atoms with Crippen LogP contribution in [0.15, 0.2) is 85.7 Å². The van der Waals surface area contributed by atoms with Crippen LogP contribution in [0.4, 0.5) is 23.0 Å². The third-order valence-electron chi connectivity index (χ3n) is 10.0. The Kier molecular flexibility index (Phi) is 10.3. The third-order valence-corrected chi connectivity index (χ3v) is 10.0. The molecule has 286 valence electrons. The number of piperidine rings is 1. The van der Waals surface area contributed by atoms with Crippen molar-refractivity contribution in [1.29, 1.82) is 0 Å². The van der Waals surface area contributed by atoms with Gasteiger partial charge in [0.2, 0.25) is 23.7 Å². The number of methoxy groups -OCH3 is 1. The summed E-state index contributed by atoms with van der Waals surface area (Å²) in [5.41, 5.74) is 5.81. The average molecular weight is 756 g/mol. The summed E-state index contributed by atoms with van der Waals surface area (Å²) in [7, 11) is 7.39. The van der Waals surface area contributed by atoms with Gasteiger partial charge in [0.1, 0.15) is 11.8 Å². The van der Waals surface area contributed by atoms with Gasteiger partial charge in [-0.3, -0.25) is 34.2 Å². The minimum absolute atomic E-state index is 0.0564. The van der Waals surface area contributed by atoms with Crippen LogP contribution in [-0.4, -0.2) is 94.2 Å². The maximum absolute atomic E-state index is 13.3. The van der Waals surface area contributed by atoms with E-state index in [-0.39, 0.29) is 29.9 Å². The zero-order valence-corrected chi connectivity index (χ0v) is 31.5. The summed E-state index contributed by atoms with van der Waals surface area (Å²) in [6, 6.07) is 17.6. The summed E-state index contributed by atoms with van der Waals surface area (Å²) in [6.07, 6.45) is 5.08. The SMILES string of the molecule is C=CC(=O)Nc1cc(Nc2nccc(-c3cn(C)c4ccccc34)n2)c(OC)cc1N(C)CCN(C)Cc1ccc2c(c1)C(=O)N(C1CCC(=O)NC1=O)C2=O. The summed E-state index contributed by atoms with van der Waals surface area (Å²) in [5, 5.41) is 9.48. The number of anilines is 4. The summed E-state index contributed by atoms with van der Waals surface area (Å²) >= 11 is 0. The molecule has 0 bridgehead atoms. The molecule has 0 aliphatic carbocycles. The Balaban J connectivity index is 1.06. The molecule has 3 N–H and O–H groups in total. The Hall–Kier alpha value is -6.87. The first-order valence-corrected chi connectivity index (χ1v) is 18.0. The van der Waals surface area contributed by atoms with E-state index in [1.165, 1.54) is 6.08 Å². The lowest BCUT2D eigenvalue weighted by Gasteiger charge is -2.27. The van der Waals surface area contributed by atoms with Crippen LogP contribution in [0.25, 0.3) is 22.2 Å². The topological polar surface area (TPSA) is 171 Å². The minimum atomic E-state index is -1.02. The molecule has 1 unspecified atom stereocenters. The number of carbonyl (C=O) groups excluding carboxylic acids is 5. The lowest BCUT2D eigenvalue weighted by atomic mass is 10.0. The van der Waals surface area contributed by atoms with Crippen LogP contribution in [0.1, 0.15) is 39.1 Å². The fourth-order valence-electron chi connectivity index (χ4n) is 7.12. The zero-order valence-electron chi connectivity index (χ0n) is 31.5. The van der Waals surface area contributed by atoms with E-state index >= 15 is 0 Å². The van der Waals surface area contributed by atoms with Gasteiger partial charge in [0.25, 0.3) is 11.8 Å². The lowest BCUT2D eigenvalue weighted by Crippen LogP contribution is -2.54. The molecule has 1 fully saturated rings. The number of para-hydroxylation sites is 1. The van der Waals surface area contributed by atoms with Gasteiger partial charge in [0.15, 0.2) is 0 Å². The standard InChI is InChI=1S/C41H41N9O6/c1-6-36(51)43-30-20-31(45-41-42-16-15-29(44-41)28-23-49(4)32-10-8-7-9-25(28)32)35(56-5)21-34(30)48(3)18-17-47(2)22-24-11-12-26-27(19-24)40(55)50(39(26)54)33-13-14-37(52)46-38(33)53/h6-12,15-16,19-21,23,33H,1,13-14,17-18,22H2,2-5H3,(H,43,51)(H,42,44,45)(H,46,52,53). The van der Waals surface area contributed by atoms with Crippen molar-refractivity contribution in [3.63, 3.8) is 0 Å². The van der Waals surface area contributed by atoms with E-state index in [1.807, 2.05) is 56.5 Å². The number of benzene rings is 3. The Morgan fingerprint density at radius 1 is 1.00 bits per heavy atom. The molecule has 56 heavy (non-hydrogen) atoms. The Morgan fingerprint density at radius 2 is 1.79 bits per heavy atom. The molecule has 15 heteroatoms. The van der Waals surface area contributed by atoms with Crippen molar-refractivity contribution in [2.24, 2.45) is 7.05 Å². The molecule has 7 rings (SSSR count). The summed E-state index contributed by atoms with van der Waals surface area (Å²) < 4.78 is 7.86. The number of hydrogen-bond donors (Lipinski definition) is 3. The number of imide groups is 2. The zero-order chi connectivity index (χ0) is 39.7. The maximum Gasteiger partial charge on any atom is 0.262 e. The summed E-state index contributed by atoms with van der Waals surface area (Å²) in [5.74, 6) is -1.70. The number of nitrogens with one attached hydrogen (secondary N) is 3. The van der Waals surface area contributed by atoms with Crippen molar-refractivity contribution in [3.05, 3.63) is 102 Å². The molecule has 0 spiro atoms. The maximum atomic E-state index is 13.3. The van der Waals surface area contributed by atoms with Gasteiger partial charge in [0.05, 0.1) is 41.0 Å². The third kappa shape index (κ3) is 7.31. The molecule has 1 atom stereocenters. The average Bonchev–Trinajstić information content (AvgIpc) is 3.65. The van der Waals surface area contributed by atoms with E-state index < -0.39 is 29.7 Å². The lowest BCUT2D eigenvalue weighted by molar-refractivity contribution is -0.136. The van der Waals surface area contributed by atoms with Gasteiger partial charge < -0.3 is 29.7 Å². The fourth-order valence-corrected chi connectivity index (χ4v) is 7.12. The van der Waals surface area contributed by atoms with E-state index in [4.69, 9.17) is 9.72 Å². The summed E-state index contributed by atoms with van der Waals surface area (Å²) in [4.78, 5) is 77.4. The number of aromatic nitrogens is 3. The van der Waals surface area contributed by atoms with Crippen LogP contribution in [0.5, 0.6) is 5.75 Å². The molecule has 2 aliphatic heterocycles. The Morgan fingerprint density at radius 3 is 2.55 bits per heavy atom. The van der Waals surface area contributed by atoms with E-state index in [0.29, 0.717) is 48.4 Å². The number of nitrogens with zero attached hydrogens (tertiary/aromatic N) is 6. The highest BCUT2D eigenvalue weighted by Crippen LogP contribution is 2.38. The molecule has 2 aliphatic rings. The smallest absolute Gasteiger partial charge is 0.262 e. The number of likely N-dealkylation sites (N-methyl/N-ethyl adjacent to an activating group) is 2. The van der Waals surface area contributed by atoms with E-state index in [2.05, 4.69) is 49.1 Å². The normalized spacial score (nSPS) is 15.2. The molecule has 0 saturated carbocycles. The van der Waals surface area contributed by atoms with Crippen LogP contribution in [0.2, 0.25) is 0 Å². The molecule has 1 saturated heterocycles. The van der Waals surface area contributed by atoms with Crippen LogP contribution in [-0.2, 0) is 28.0 Å². The van der Waals surface area contributed by atoms with Crippen LogP contribution in [0.3, 0.4) is 0 Å². The highest BCUT2D eigenvalue weighted by atomic mass is 16.5. The van der Waals surface area contributed by atoms with Gasteiger partial charge in [-0.05, 0) is 55.4 Å². The number of carbonyl (C=O) groups is 5. The first-order chi connectivity index (χ1) is 26.9. The van der Waals surface area contributed by atoms with Crippen LogP contribution in [0, 0.1) is 0 Å². The quantitative estimate of drug-likeness (QED) is 0.114. The number of fused-ring (bicyclic) bond motifs is 2. The van der Waals surface area contributed by atoms with E-state index in [9.17, 15) is 24.0 Å². The molecule has 0 radical (unpaired) electrons. The van der Waals surface area contributed by atoms with Gasteiger partial charge in [-0.15, -0.1) is 0 Å². The number of rotatable bonds is 13. The van der Waals surface area contributed by atoms with Crippen molar-refractivity contribution in [2.75, 3.05) is 49.8 Å². The van der Waals surface area contributed by atoms with Crippen molar-refractivity contribution >= 4 is 63.4 Å². The van der Waals surface area contributed by atoms with E-state index in [1.54, 1.807) is 37.6 Å². The Labute approximate surface area is 322 Å². The highest BCUT2D eigenvalue weighted by Gasteiger charge is 2.44. The second-order valence-electron chi connectivity index (χ2n) is 13.8. The molecule has 15 nitrogen and oxygen atoms in total. The number of amides is 5. The first-order valence-electron chi connectivity index (χ1n) is 18.0. The van der Waals surface area contributed by atoms with Gasteiger partial charge >= 0.3 is 0 Å². The number of hydrogen-bond acceptors (Lipinski definition) is 11. The van der Waals surface area contributed by atoms with Gasteiger partial charge in [0, 0.05) is 75.1 Å². The monoisotopic (exact) mass is 755 g/mol. The largest absolute Gasteiger partial charge is 0.494 e. The number of ether oxygens (including phenoxy) is 1. The molecule has 5 amide bonds. The highest BCUT2D eigenvalue weighted by molar-refractivity contribution is 6.23. The van der Waals surface area contributed by atoms with Crippen molar-refractivity contribution in [1.82, 2.24) is 29.7 Å². The fraction of sp³-hybridized carbons (Fsp3) is 0.244. The summed E-state index contributed by atoms with van der Waals surface area (Å²) in [6.45, 7) is 5.19. The van der Waals surface area contributed by atoms with Gasteiger partial charge in [-0.1, -0.05) is 30.8 Å². The molecule has 4 heterocycles. The predicted octanol–water partition coefficient (Wildman–Crippen LogP) is 4.48. The van der Waals surface area contributed by atoms with Crippen molar-refractivity contribution in [2.45, 2.75) is 25.4 Å². The molecule has 3 aromatic carbocycles. The molecular weight excluding hydrogens is 715 g/mol. The van der Waals surface area contributed by atoms with Crippen molar-refractivity contribution in [3.8, 4) is 17.0 Å². The van der Waals surface area contributed by atoms with Crippen LogP contribution >= 0.6 is 0 Å². The van der Waals surface area contributed by atoms with E-state index in [0.717, 1.165) is 32.6 Å². The Bertz CT molecular complexity index is 2420. The molecule has 5 aromatic rings. The second-order valence-corrected chi connectivity index (χ2v) is 13.8.